The van der Waals surface area contributed by atoms with Crippen LogP contribution in [-0.4, -0.2) is 20.6 Å². The van der Waals surface area contributed by atoms with Gasteiger partial charge < -0.3 is 5.32 Å². The lowest BCUT2D eigenvalue weighted by atomic mass is 10.2. The average molecular weight is 325 g/mol. The van der Waals surface area contributed by atoms with Crippen molar-refractivity contribution in [3.8, 4) is 0 Å². The van der Waals surface area contributed by atoms with Gasteiger partial charge in [-0.1, -0.05) is 23.7 Å². The molecule has 1 amide bonds. The summed E-state index contributed by atoms with van der Waals surface area (Å²) < 4.78 is 24.5. The van der Waals surface area contributed by atoms with E-state index in [9.17, 15) is 13.2 Å². The summed E-state index contributed by atoms with van der Waals surface area (Å²) in [6.07, 6.45) is 1.06. The molecule has 2 aromatic carbocycles. The third-order valence-electron chi connectivity index (χ3n) is 2.57. The first-order chi connectivity index (χ1) is 9.85. The second-order valence-electron chi connectivity index (χ2n) is 4.39. The van der Waals surface area contributed by atoms with Crippen molar-refractivity contribution in [2.75, 3.05) is 16.3 Å². The molecule has 0 spiro atoms. The lowest BCUT2D eigenvalue weighted by Crippen LogP contribution is -2.13. The van der Waals surface area contributed by atoms with E-state index in [1.165, 1.54) is 24.3 Å². The zero-order valence-corrected chi connectivity index (χ0v) is 12.7. The number of carbonyl (C=O) groups is 1. The van der Waals surface area contributed by atoms with Gasteiger partial charge in [-0.15, -0.1) is 0 Å². The van der Waals surface area contributed by atoms with Gasteiger partial charge in [0, 0.05) is 11.3 Å². The number of benzene rings is 2. The van der Waals surface area contributed by atoms with Gasteiger partial charge in [0.15, 0.2) is 0 Å². The van der Waals surface area contributed by atoms with Gasteiger partial charge in [0.1, 0.15) is 0 Å². The number of anilines is 2. The first-order valence-corrected chi connectivity index (χ1v) is 8.26. The van der Waals surface area contributed by atoms with Gasteiger partial charge in [0.05, 0.1) is 17.0 Å². The molecule has 21 heavy (non-hydrogen) atoms. The van der Waals surface area contributed by atoms with E-state index in [0.717, 1.165) is 6.26 Å². The lowest BCUT2D eigenvalue weighted by molar-refractivity contribution is 0.102. The first kappa shape index (κ1) is 15.3. The molecule has 0 saturated heterocycles. The molecule has 0 aliphatic rings. The van der Waals surface area contributed by atoms with Crippen molar-refractivity contribution in [3.63, 3.8) is 0 Å². The van der Waals surface area contributed by atoms with Crippen LogP contribution >= 0.6 is 11.6 Å². The molecule has 110 valence electrons. The summed E-state index contributed by atoms with van der Waals surface area (Å²) in [6, 6.07) is 13.0. The van der Waals surface area contributed by atoms with Crippen LogP contribution in [0.1, 0.15) is 10.4 Å². The predicted molar refractivity (Wildman–Crippen MR) is 84.3 cm³/mol. The van der Waals surface area contributed by atoms with Crippen LogP contribution in [0.2, 0.25) is 5.02 Å². The number of nitrogens with one attached hydrogen (secondary N) is 2. The number of hydrogen-bond acceptors (Lipinski definition) is 3. The van der Waals surface area contributed by atoms with Gasteiger partial charge in [-0.25, -0.2) is 8.42 Å². The number of rotatable bonds is 4. The second-order valence-corrected chi connectivity index (χ2v) is 6.54. The summed E-state index contributed by atoms with van der Waals surface area (Å²) in [5.74, 6) is -0.325. The van der Waals surface area contributed by atoms with Crippen molar-refractivity contribution in [1.82, 2.24) is 0 Å². The van der Waals surface area contributed by atoms with Gasteiger partial charge in [-0.05, 0) is 36.4 Å². The molecule has 0 radical (unpaired) electrons. The first-order valence-electron chi connectivity index (χ1n) is 5.99. The molecule has 5 nitrogen and oxygen atoms in total. The predicted octanol–water partition coefficient (Wildman–Crippen LogP) is 2.96. The van der Waals surface area contributed by atoms with Crippen LogP contribution in [-0.2, 0) is 10.0 Å². The number of halogens is 1. The molecule has 7 heteroatoms. The molecular formula is C14H13ClN2O3S. The Morgan fingerprint density at radius 3 is 2.24 bits per heavy atom. The molecule has 2 aromatic rings. The third kappa shape index (κ3) is 4.47. The Morgan fingerprint density at radius 2 is 1.67 bits per heavy atom. The molecule has 0 unspecified atom stereocenters. The topological polar surface area (TPSA) is 75.3 Å². The highest BCUT2D eigenvalue weighted by molar-refractivity contribution is 7.92. The van der Waals surface area contributed by atoms with Gasteiger partial charge in [-0.3, -0.25) is 9.52 Å². The average Bonchev–Trinajstić information content (AvgIpc) is 2.40. The van der Waals surface area contributed by atoms with Gasteiger partial charge in [-0.2, -0.15) is 0 Å². The fourth-order valence-electron chi connectivity index (χ4n) is 1.66. The maximum atomic E-state index is 12.1. The van der Waals surface area contributed by atoms with Crippen LogP contribution in [0.15, 0.2) is 48.5 Å². The Balaban J connectivity index is 2.12. The van der Waals surface area contributed by atoms with E-state index < -0.39 is 10.0 Å². The maximum absolute atomic E-state index is 12.1. The summed E-state index contributed by atoms with van der Waals surface area (Å²) in [4.78, 5) is 12.1. The second kappa shape index (κ2) is 6.15. The number of amides is 1. The van der Waals surface area contributed by atoms with E-state index >= 15 is 0 Å². The van der Waals surface area contributed by atoms with Crippen LogP contribution < -0.4 is 10.0 Å². The molecule has 0 aromatic heterocycles. The van der Waals surface area contributed by atoms with Gasteiger partial charge in [0.2, 0.25) is 10.0 Å². The molecular weight excluding hydrogens is 312 g/mol. The highest BCUT2D eigenvalue weighted by atomic mass is 35.5. The van der Waals surface area contributed by atoms with E-state index in [1.807, 2.05) is 0 Å². The highest BCUT2D eigenvalue weighted by Gasteiger charge is 2.09. The number of carbonyl (C=O) groups excluding carboxylic acids is 1. The Bertz CT molecular complexity index is 758. The fourth-order valence-corrected chi connectivity index (χ4v) is 2.41. The minimum atomic E-state index is -3.33. The van der Waals surface area contributed by atoms with Crippen LogP contribution in [0.5, 0.6) is 0 Å². The molecule has 0 heterocycles. The smallest absolute Gasteiger partial charge is 0.255 e. The van der Waals surface area contributed by atoms with Crippen molar-refractivity contribution in [2.45, 2.75) is 0 Å². The summed E-state index contributed by atoms with van der Waals surface area (Å²) in [5.41, 5.74) is 1.31. The Morgan fingerprint density at radius 1 is 1.05 bits per heavy atom. The van der Waals surface area contributed by atoms with E-state index in [-0.39, 0.29) is 5.91 Å². The lowest BCUT2D eigenvalue weighted by Gasteiger charge is -2.08. The number of sulfonamides is 1. The quantitative estimate of drug-likeness (QED) is 0.908. The monoisotopic (exact) mass is 324 g/mol. The van der Waals surface area contributed by atoms with Crippen molar-refractivity contribution >= 4 is 38.9 Å². The van der Waals surface area contributed by atoms with Crippen LogP contribution in [0.4, 0.5) is 11.4 Å². The Labute approximate surface area is 128 Å². The third-order valence-corrected chi connectivity index (χ3v) is 3.51. The maximum Gasteiger partial charge on any atom is 0.255 e. The summed E-state index contributed by atoms with van der Waals surface area (Å²) in [6.45, 7) is 0. The molecule has 0 bridgehead atoms. The van der Waals surface area contributed by atoms with Crippen molar-refractivity contribution in [1.29, 1.82) is 0 Å². The van der Waals surface area contributed by atoms with Crippen LogP contribution in [0.25, 0.3) is 0 Å². The fraction of sp³-hybridized carbons (Fsp3) is 0.0714. The minimum absolute atomic E-state index is 0.325. The van der Waals surface area contributed by atoms with E-state index in [4.69, 9.17) is 11.6 Å². The number of hydrogen-bond donors (Lipinski definition) is 2. The van der Waals surface area contributed by atoms with Gasteiger partial charge >= 0.3 is 0 Å². The van der Waals surface area contributed by atoms with E-state index in [0.29, 0.717) is 22.0 Å². The standard InChI is InChI=1S/C14H13ClN2O3S/c1-21(19,20)17-11-8-6-10(7-9-11)14(18)16-13-5-3-2-4-12(13)15/h2-9,17H,1H3,(H,16,18). The van der Waals surface area contributed by atoms with Crippen molar-refractivity contribution in [3.05, 3.63) is 59.1 Å². The SMILES string of the molecule is CS(=O)(=O)Nc1ccc(C(=O)Nc2ccccc2Cl)cc1. The van der Waals surface area contributed by atoms with Crippen molar-refractivity contribution in [2.24, 2.45) is 0 Å². The molecule has 0 fully saturated rings. The summed E-state index contributed by atoms with van der Waals surface area (Å²) in [7, 11) is -3.33. The molecule has 0 aliphatic carbocycles. The van der Waals surface area contributed by atoms with Gasteiger partial charge in [0.25, 0.3) is 5.91 Å². The largest absolute Gasteiger partial charge is 0.321 e. The normalized spacial score (nSPS) is 11.0. The minimum Gasteiger partial charge on any atom is -0.321 e. The summed E-state index contributed by atoms with van der Waals surface area (Å²) in [5, 5.41) is 3.13. The van der Waals surface area contributed by atoms with Crippen LogP contribution in [0, 0.1) is 0 Å². The van der Waals surface area contributed by atoms with Crippen molar-refractivity contribution < 1.29 is 13.2 Å². The number of para-hydroxylation sites is 1. The van der Waals surface area contributed by atoms with E-state index in [2.05, 4.69) is 10.0 Å². The van der Waals surface area contributed by atoms with E-state index in [1.54, 1.807) is 24.3 Å². The zero-order valence-electron chi connectivity index (χ0n) is 11.1. The summed E-state index contributed by atoms with van der Waals surface area (Å²) >= 11 is 5.96. The molecule has 0 saturated carbocycles. The highest BCUT2D eigenvalue weighted by Crippen LogP contribution is 2.21. The molecule has 2 N–H and O–H groups in total. The Kier molecular flexibility index (Phi) is 4.50. The van der Waals surface area contributed by atoms with Crippen LogP contribution in [0.3, 0.4) is 0 Å². The molecule has 2 rings (SSSR count). The Hall–Kier alpha value is -2.05. The zero-order chi connectivity index (χ0) is 15.5. The molecule has 0 aliphatic heterocycles. The molecule has 0 atom stereocenters.